The number of aromatic nitrogens is 2. The molecule has 0 unspecified atom stereocenters. The lowest BCUT2D eigenvalue weighted by Crippen LogP contribution is -2.20. The molecule has 0 aliphatic heterocycles. The van der Waals surface area contributed by atoms with Gasteiger partial charge in [-0.3, -0.25) is 14.8 Å². The van der Waals surface area contributed by atoms with E-state index >= 15 is 0 Å². The maximum Gasteiger partial charge on any atom is 0.411 e. The van der Waals surface area contributed by atoms with Gasteiger partial charge in [0.1, 0.15) is 17.6 Å². The lowest BCUT2D eigenvalue weighted by Gasteiger charge is -2.12. The largest absolute Gasteiger partial charge is 0.496 e. The van der Waals surface area contributed by atoms with E-state index in [9.17, 15) is 18.0 Å². The van der Waals surface area contributed by atoms with Gasteiger partial charge in [-0.15, -0.1) is 0 Å². The first kappa shape index (κ1) is 27.4. The monoisotopic (exact) mass is 561 g/mol. The fourth-order valence-corrected chi connectivity index (χ4v) is 6.31. The van der Waals surface area contributed by atoms with Crippen LogP contribution in [0.2, 0.25) is 0 Å². The third kappa shape index (κ3) is 6.02. The highest BCUT2D eigenvalue weighted by molar-refractivity contribution is 7.92. The van der Waals surface area contributed by atoms with Gasteiger partial charge in [-0.05, 0) is 62.1 Å². The summed E-state index contributed by atoms with van der Waals surface area (Å²) >= 11 is 0. The Morgan fingerprint density at radius 1 is 1.02 bits per heavy atom. The van der Waals surface area contributed by atoms with Crippen LogP contribution in [0.4, 0.5) is 10.5 Å². The molecule has 1 fully saturated rings. The molecule has 3 aromatic carbocycles. The molecule has 1 amide bonds. The number of amides is 1. The van der Waals surface area contributed by atoms with Crippen molar-refractivity contribution < 1.29 is 27.5 Å². The number of aryl methyl sites for hydroxylation is 1. The summed E-state index contributed by atoms with van der Waals surface area (Å²) in [5, 5.41) is 8.36. The van der Waals surface area contributed by atoms with Crippen molar-refractivity contribution >= 4 is 38.3 Å². The summed E-state index contributed by atoms with van der Waals surface area (Å²) in [6.07, 6.45) is 3.85. The van der Waals surface area contributed by atoms with Gasteiger partial charge in [0.25, 0.3) is 0 Å². The first-order chi connectivity index (χ1) is 19.2. The molecule has 40 heavy (non-hydrogen) atoms. The molecule has 1 aliphatic rings. The molecule has 0 bridgehead atoms. The maximum atomic E-state index is 12.9. The highest BCUT2D eigenvalue weighted by atomic mass is 32.2. The summed E-state index contributed by atoms with van der Waals surface area (Å²) in [4.78, 5) is 25.4. The molecule has 4 aromatic rings. The first-order valence-corrected chi connectivity index (χ1v) is 14.8. The molecule has 10 heteroatoms. The molecule has 0 spiro atoms. The summed E-state index contributed by atoms with van der Waals surface area (Å²) in [5.41, 5.74) is 3.29. The van der Waals surface area contributed by atoms with Crippen LogP contribution in [0.5, 0.6) is 5.75 Å². The van der Waals surface area contributed by atoms with Gasteiger partial charge in [-0.25, -0.2) is 13.2 Å². The number of carbonyl (C=O) groups is 2. The Labute approximate surface area is 233 Å². The van der Waals surface area contributed by atoms with Gasteiger partial charge in [0.05, 0.1) is 23.2 Å². The van der Waals surface area contributed by atoms with E-state index in [2.05, 4.69) is 10.4 Å². The van der Waals surface area contributed by atoms with Crippen LogP contribution in [0, 0.1) is 0 Å². The second-order valence-electron chi connectivity index (χ2n) is 9.94. The average molecular weight is 562 g/mol. The molecule has 0 saturated heterocycles. The molecular weight excluding hydrogens is 530 g/mol. The number of hydrogen-bond donors (Lipinski definition) is 1. The van der Waals surface area contributed by atoms with E-state index in [1.54, 1.807) is 41.1 Å². The van der Waals surface area contributed by atoms with Gasteiger partial charge in [-0.2, -0.15) is 5.10 Å². The van der Waals surface area contributed by atoms with Crippen molar-refractivity contribution in [3.63, 3.8) is 0 Å². The fraction of sp³-hybridized carbons (Fsp3) is 0.300. The van der Waals surface area contributed by atoms with Crippen LogP contribution in [-0.2, 0) is 28.0 Å². The number of fused-ring (bicyclic) bond motifs is 1. The van der Waals surface area contributed by atoms with E-state index in [0.29, 0.717) is 17.9 Å². The number of methoxy groups -OCH3 is 1. The molecule has 1 heterocycles. The van der Waals surface area contributed by atoms with E-state index in [-0.39, 0.29) is 16.6 Å². The maximum absolute atomic E-state index is 12.9. The Bertz CT molecular complexity index is 1660. The predicted octanol–water partition coefficient (Wildman–Crippen LogP) is 5.32. The van der Waals surface area contributed by atoms with Crippen molar-refractivity contribution in [2.45, 2.75) is 43.1 Å². The molecular formula is C30H31N3O6S. The summed E-state index contributed by atoms with van der Waals surface area (Å²) < 4.78 is 38.2. The number of rotatable bonds is 9. The van der Waals surface area contributed by atoms with Crippen molar-refractivity contribution in [2.75, 3.05) is 18.2 Å². The zero-order chi connectivity index (χ0) is 28.3. The molecule has 0 radical (unpaired) electrons. The third-order valence-corrected chi connectivity index (χ3v) is 8.77. The fourth-order valence-electron chi connectivity index (χ4n) is 5.06. The van der Waals surface area contributed by atoms with Crippen molar-refractivity contribution in [3.05, 3.63) is 83.6 Å². The van der Waals surface area contributed by atoms with E-state index in [4.69, 9.17) is 9.47 Å². The number of nitrogens with zero attached hydrogens (tertiary/aromatic N) is 2. The predicted molar refractivity (Wildman–Crippen MR) is 152 cm³/mol. The number of benzene rings is 3. The highest BCUT2D eigenvalue weighted by Gasteiger charge is 2.22. The summed E-state index contributed by atoms with van der Waals surface area (Å²) in [7, 11) is -0.420. The zero-order valence-corrected chi connectivity index (χ0v) is 23.2. The summed E-state index contributed by atoms with van der Waals surface area (Å²) in [5.74, 6) is -0.697. The van der Waals surface area contributed by atoms with Crippen LogP contribution >= 0.6 is 0 Å². The van der Waals surface area contributed by atoms with Gasteiger partial charge in [0.2, 0.25) is 0 Å². The lowest BCUT2D eigenvalue weighted by molar-refractivity contribution is 0.102. The number of hydrogen-bond acceptors (Lipinski definition) is 7. The highest BCUT2D eigenvalue weighted by Crippen LogP contribution is 2.29. The van der Waals surface area contributed by atoms with Crippen molar-refractivity contribution in [2.24, 2.45) is 7.05 Å². The Balaban J connectivity index is 1.35. The van der Waals surface area contributed by atoms with Crippen LogP contribution in [0.25, 0.3) is 10.9 Å². The van der Waals surface area contributed by atoms with Crippen molar-refractivity contribution in [1.82, 2.24) is 9.78 Å². The van der Waals surface area contributed by atoms with Gasteiger partial charge in [0, 0.05) is 35.7 Å². The molecule has 1 aromatic heterocycles. The quantitative estimate of drug-likeness (QED) is 0.275. The topological polar surface area (TPSA) is 117 Å². The van der Waals surface area contributed by atoms with Gasteiger partial charge in [0.15, 0.2) is 15.6 Å². The Hall–Kier alpha value is -4.18. The minimum absolute atomic E-state index is 0.0292. The molecule has 208 valence electrons. The number of nitrogens with one attached hydrogen (secondary N) is 1. The number of carbonyl (C=O) groups excluding carboxylic acids is 2. The SMILES string of the molecule is COc1cc(C(=O)CS(=O)(=O)c2ccccc2)ccc1Cc1nn(C)c2ccc(NC(=O)OC3CCCC3)cc12. The van der Waals surface area contributed by atoms with E-state index in [0.717, 1.165) is 47.8 Å². The summed E-state index contributed by atoms with van der Waals surface area (Å²) in [6, 6.07) is 18.4. The standard InChI is InChI=1S/C30H31N3O6S/c1-33-27-15-14-22(31-30(35)39-23-8-6-7-9-23)18-25(27)26(32-33)16-21-13-12-20(17-29(21)38-2)28(34)19-40(36,37)24-10-4-3-5-11-24/h3-5,10-15,17-18,23H,6-9,16,19H2,1-2H3,(H,31,35). The Morgan fingerprint density at radius 2 is 1.77 bits per heavy atom. The van der Waals surface area contributed by atoms with Gasteiger partial charge < -0.3 is 9.47 Å². The average Bonchev–Trinajstić information content (AvgIpc) is 3.56. The van der Waals surface area contributed by atoms with Crippen LogP contribution in [0.15, 0.2) is 71.6 Å². The Kier molecular flexibility index (Phi) is 7.88. The van der Waals surface area contributed by atoms with E-state index < -0.39 is 27.5 Å². The minimum Gasteiger partial charge on any atom is -0.496 e. The summed E-state index contributed by atoms with van der Waals surface area (Å²) in [6.45, 7) is 0. The van der Waals surface area contributed by atoms with Gasteiger partial charge in [-0.1, -0.05) is 30.3 Å². The van der Waals surface area contributed by atoms with Crippen LogP contribution in [-0.4, -0.2) is 49.0 Å². The molecule has 1 saturated carbocycles. The van der Waals surface area contributed by atoms with Crippen molar-refractivity contribution in [3.8, 4) is 5.75 Å². The van der Waals surface area contributed by atoms with E-state index in [1.807, 2.05) is 25.2 Å². The molecule has 5 rings (SSSR count). The van der Waals surface area contributed by atoms with Gasteiger partial charge >= 0.3 is 6.09 Å². The molecule has 9 nitrogen and oxygen atoms in total. The molecule has 0 atom stereocenters. The lowest BCUT2D eigenvalue weighted by atomic mass is 10.0. The third-order valence-electron chi connectivity index (χ3n) is 7.14. The second-order valence-corrected chi connectivity index (χ2v) is 11.9. The minimum atomic E-state index is -3.77. The number of ketones is 1. The molecule has 1 aliphatic carbocycles. The zero-order valence-electron chi connectivity index (χ0n) is 22.4. The normalized spacial score (nSPS) is 13.8. The first-order valence-electron chi connectivity index (χ1n) is 13.1. The van der Waals surface area contributed by atoms with E-state index in [1.165, 1.54) is 19.2 Å². The Morgan fingerprint density at radius 3 is 2.50 bits per heavy atom. The second kappa shape index (κ2) is 11.5. The number of anilines is 1. The van der Waals surface area contributed by atoms with Crippen molar-refractivity contribution in [1.29, 1.82) is 0 Å². The number of ether oxygens (including phenoxy) is 2. The number of Topliss-reactive ketones (excluding diaryl/α,β-unsaturated/α-hetero) is 1. The molecule has 1 N–H and O–H groups in total. The van der Waals surface area contributed by atoms with Crippen LogP contribution < -0.4 is 10.1 Å². The smallest absolute Gasteiger partial charge is 0.411 e. The number of sulfone groups is 1. The van der Waals surface area contributed by atoms with Crippen LogP contribution in [0.1, 0.15) is 47.3 Å². The van der Waals surface area contributed by atoms with Crippen LogP contribution in [0.3, 0.4) is 0 Å².